The Hall–Kier alpha value is -3.65. The van der Waals surface area contributed by atoms with Crippen molar-refractivity contribution in [2.45, 2.75) is 6.10 Å². The van der Waals surface area contributed by atoms with Gasteiger partial charge in [0.15, 0.2) is 11.5 Å². The number of carbonyl (C=O) groups is 2. The van der Waals surface area contributed by atoms with Crippen LogP contribution in [0.4, 0.5) is 0 Å². The van der Waals surface area contributed by atoms with Gasteiger partial charge in [-0.05, 0) is 66.2 Å². The topological polar surface area (TPSA) is 86.2 Å². The van der Waals surface area contributed by atoms with Crippen molar-refractivity contribution in [3.05, 3.63) is 88.4 Å². The Balaban J connectivity index is 1.29. The van der Waals surface area contributed by atoms with E-state index in [1.54, 1.807) is 66.7 Å². The van der Waals surface area contributed by atoms with Gasteiger partial charge in [0.1, 0.15) is 12.4 Å². The zero-order valence-electron chi connectivity index (χ0n) is 16.2. The van der Waals surface area contributed by atoms with Crippen molar-refractivity contribution < 1.29 is 23.8 Å². The molecule has 0 aromatic heterocycles. The number of fused-ring (bicyclic) bond motifs is 1. The van der Waals surface area contributed by atoms with E-state index in [-0.39, 0.29) is 6.61 Å². The largest absolute Gasteiger partial charge is 0.485 e. The Morgan fingerprint density at radius 2 is 1.71 bits per heavy atom. The lowest BCUT2D eigenvalue weighted by Crippen LogP contribution is -2.42. The minimum atomic E-state index is -0.785. The van der Waals surface area contributed by atoms with Crippen molar-refractivity contribution in [1.29, 1.82) is 0 Å². The standard InChI is InChI=1S/C23H17BrN2O5/c24-17-9-7-16(8-10-17)23(28)30-18-11-5-15(6-12-18)13-25-26-22(27)21-14-29-19-3-1-2-4-20(19)31-21/h1-13,21H,14H2,(H,26,27). The molecule has 3 aromatic carbocycles. The molecule has 0 saturated heterocycles. The minimum Gasteiger partial charge on any atom is -0.485 e. The zero-order chi connectivity index (χ0) is 21.6. The Morgan fingerprint density at radius 1 is 1.00 bits per heavy atom. The summed E-state index contributed by atoms with van der Waals surface area (Å²) in [7, 11) is 0. The zero-order valence-corrected chi connectivity index (χ0v) is 17.7. The van der Waals surface area contributed by atoms with Gasteiger partial charge in [0.2, 0.25) is 6.10 Å². The van der Waals surface area contributed by atoms with E-state index in [0.29, 0.717) is 22.8 Å². The molecule has 1 aliphatic rings. The summed E-state index contributed by atoms with van der Waals surface area (Å²) >= 11 is 3.32. The van der Waals surface area contributed by atoms with E-state index in [9.17, 15) is 9.59 Å². The molecule has 4 rings (SSSR count). The number of benzene rings is 3. The molecule has 8 heteroatoms. The molecular weight excluding hydrogens is 464 g/mol. The summed E-state index contributed by atoms with van der Waals surface area (Å²) in [6, 6.07) is 20.8. The Bertz CT molecular complexity index is 1110. The molecule has 0 bridgehead atoms. The normalized spacial score (nSPS) is 14.8. The summed E-state index contributed by atoms with van der Waals surface area (Å²) in [6.07, 6.45) is 0.697. The number of esters is 1. The number of ether oxygens (including phenoxy) is 3. The molecule has 156 valence electrons. The summed E-state index contributed by atoms with van der Waals surface area (Å²) in [4.78, 5) is 24.4. The quantitative estimate of drug-likeness (QED) is 0.258. The molecule has 1 unspecified atom stereocenters. The van der Waals surface area contributed by atoms with E-state index in [2.05, 4.69) is 26.5 Å². The first-order valence-corrected chi connectivity index (χ1v) is 10.2. The highest BCUT2D eigenvalue weighted by atomic mass is 79.9. The fraction of sp³-hybridized carbons (Fsp3) is 0.0870. The molecule has 1 aliphatic heterocycles. The number of hydrazone groups is 1. The molecule has 1 heterocycles. The summed E-state index contributed by atoms with van der Waals surface area (Å²) in [5.74, 6) is 0.672. The molecule has 1 amide bonds. The molecule has 0 radical (unpaired) electrons. The molecule has 1 atom stereocenters. The number of hydrogen-bond acceptors (Lipinski definition) is 6. The van der Waals surface area contributed by atoms with Crippen LogP contribution in [-0.4, -0.2) is 30.8 Å². The average molecular weight is 481 g/mol. The third-order valence-corrected chi connectivity index (χ3v) is 4.89. The van der Waals surface area contributed by atoms with Crippen molar-refractivity contribution in [2.24, 2.45) is 5.10 Å². The smallest absolute Gasteiger partial charge is 0.343 e. The SMILES string of the molecule is O=C(Oc1ccc(C=NNC(=O)C2COc3ccccc3O2)cc1)c1ccc(Br)cc1. The number of rotatable bonds is 5. The van der Waals surface area contributed by atoms with Crippen molar-refractivity contribution in [2.75, 3.05) is 6.61 Å². The number of carbonyl (C=O) groups excluding carboxylic acids is 2. The van der Waals surface area contributed by atoms with Crippen LogP contribution in [0.15, 0.2) is 82.4 Å². The highest BCUT2D eigenvalue weighted by Gasteiger charge is 2.26. The van der Waals surface area contributed by atoms with Crippen molar-refractivity contribution >= 4 is 34.0 Å². The van der Waals surface area contributed by atoms with Crippen LogP contribution in [0, 0.1) is 0 Å². The molecule has 31 heavy (non-hydrogen) atoms. The number of hydrogen-bond donors (Lipinski definition) is 1. The Labute approximate surface area is 186 Å². The number of amides is 1. The van der Waals surface area contributed by atoms with Crippen LogP contribution in [0.2, 0.25) is 0 Å². The van der Waals surface area contributed by atoms with E-state index in [1.165, 1.54) is 6.21 Å². The van der Waals surface area contributed by atoms with Crippen molar-refractivity contribution in [1.82, 2.24) is 5.43 Å². The summed E-state index contributed by atoms with van der Waals surface area (Å²) < 4.78 is 17.4. The van der Waals surface area contributed by atoms with Crippen molar-refractivity contribution in [3.63, 3.8) is 0 Å². The van der Waals surface area contributed by atoms with Gasteiger partial charge in [0.25, 0.3) is 5.91 Å². The van der Waals surface area contributed by atoms with Crippen LogP contribution in [0.25, 0.3) is 0 Å². The molecule has 0 aliphatic carbocycles. The Kier molecular flexibility index (Phi) is 6.28. The molecule has 3 aromatic rings. The molecule has 0 fully saturated rings. The van der Waals surface area contributed by atoms with Gasteiger partial charge in [-0.2, -0.15) is 5.10 Å². The number of para-hydroxylation sites is 2. The van der Waals surface area contributed by atoms with Gasteiger partial charge in [-0.15, -0.1) is 0 Å². The van der Waals surface area contributed by atoms with Crippen LogP contribution in [0.5, 0.6) is 17.2 Å². The second-order valence-corrected chi connectivity index (χ2v) is 7.48. The lowest BCUT2D eigenvalue weighted by molar-refractivity contribution is -0.130. The second kappa shape index (κ2) is 9.44. The summed E-state index contributed by atoms with van der Waals surface area (Å²) in [6.45, 7) is 0.108. The fourth-order valence-electron chi connectivity index (χ4n) is 2.77. The predicted octanol–water partition coefficient (Wildman–Crippen LogP) is 3.96. The van der Waals surface area contributed by atoms with Gasteiger partial charge in [0, 0.05) is 4.47 Å². The molecule has 1 N–H and O–H groups in total. The second-order valence-electron chi connectivity index (χ2n) is 6.56. The van der Waals surface area contributed by atoms with Crippen LogP contribution < -0.4 is 19.6 Å². The third-order valence-electron chi connectivity index (χ3n) is 4.36. The summed E-state index contributed by atoms with van der Waals surface area (Å²) in [5.41, 5.74) is 3.61. The van der Waals surface area contributed by atoms with E-state index < -0.39 is 18.0 Å². The van der Waals surface area contributed by atoms with Crippen LogP contribution >= 0.6 is 15.9 Å². The molecular formula is C23H17BrN2O5. The number of nitrogens with zero attached hydrogens (tertiary/aromatic N) is 1. The van der Waals surface area contributed by atoms with Crippen molar-refractivity contribution in [3.8, 4) is 17.2 Å². The molecule has 0 spiro atoms. The van der Waals surface area contributed by atoms with Gasteiger partial charge in [-0.3, -0.25) is 4.79 Å². The van der Waals surface area contributed by atoms with Gasteiger partial charge in [-0.25, -0.2) is 10.2 Å². The monoisotopic (exact) mass is 480 g/mol. The van der Waals surface area contributed by atoms with Gasteiger partial charge in [0.05, 0.1) is 11.8 Å². The van der Waals surface area contributed by atoms with E-state index in [0.717, 1.165) is 10.0 Å². The van der Waals surface area contributed by atoms with Gasteiger partial charge >= 0.3 is 5.97 Å². The first kappa shape index (κ1) is 20.6. The predicted molar refractivity (Wildman–Crippen MR) is 118 cm³/mol. The van der Waals surface area contributed by atoms with Crippen LogP contribution in [0.1, 0.15) is 15.9 Å². The van der Waals surface area contributed by atoms with E-state index in [1.807, 2.05) is 6.07 Å². The average Bonchev–Trinajstić information content (AvgIpc) is 2.80. The van der Waals surface area contributed by atoms with Gasteiger partial charge in [-0.1, -0.05) is 28.1 Å². The fourth-order valence-corrected chi connectivity index (χ4v) is 3.03. The number of nitrogens with one attached hydrogen (secondary N) is 1. The van der Waals surface area contributed by atoms with Crippen LogP contribution in [-0.2, 0) is 4.79 Å². The lowest BCUT2D eigenvalue weighted by atomic mass is 10.2. The van der Waals surface area contributed by atoms with Gasteiger partial charge < -0.3 is 14.2 Å². The maximum atomic E-state index is 12.2. The minimum absolute atomic E-state index is 0.108. The maximum Gasteiger partial charge on any atom is 0.343 e. The first-order valence-electron chi connectivity index (χ1n) is 9.38. The number of halogens is 1. The molecule has 0 saturated carbocycles. The third kappa shape index (κ3) is 5.29. The molecule has 7 nitrogen and oxygen atoms in total. The summed E-state index contributed by atoms with van der Waals surface area (Å²) in [5, 5.41) is 3.95. The highest BCUT2D eigenvalue weighted by molar-refractivity contribution is 9.10. The Morgan fingerprint density at radius 3 is 2.45 bits per heavy atom. The maximum absolute atomic E-state index is 12.2. The highest BCUT2D eigenvalue weighted by Crippen LogP contribution is 2.30. The first-order chi connectivity index (χ1) is 15.1. The van der Waals surface area contributed by atoms with E-state index in [4.69, 9.17) is 14.2 Å². The van der Waals surface area contributed by atoms with Crippen LogP contribution in [0.3, 0.4) is 0 Å². The van der Waals surface area contributed by atoms with E-state index >= 15 is 0 Å². The lowest BCUT2D eigenvalue weighted by Gasteiger charge is -2.24.